The summed E-state index contributed by atoms with van der Waals surface area (Å²) in [6.45, 7) is 4.09. The quantitative estimate of drug-likeness (QED) is 0.181. The van der Waals surface area contributed by atoms with Gasteiger partial charge in [0.2, 0.25) is 0 Å². The first-order valence-electron chi connectivity index (χ1n) is 10.8. The first-order chi connectivity index (χ1) is 13.7. The maximum Gasteiger partial charge on any atom is 0.339 e. The first kappa shape index (κ1) is 23.9. The van der Waals surface area contributed by atoms with Gasteiger partial charge in [-0.2, -0.15) is 0 Å². The molecular weight excluding hydrogens is 352 g/mol. The molecule has 0 fully saturated rings. The van der Waals surface area contributed by atoms with Crippen molar-refractivity contribution in [2.75, 3.05) is 6.61 Å². The molecule has 0 bridgehead atoms. The monoisotopic (exact) mass is 388 g/mol. The molecule has 156 valence electrons. The van der Waals surface area contributed by atoms with E-state index in [4.69, 9.17) is 9.84 Å². The fourth-order valence-electron chi connectivity index (χ4n) is 3.25. The van der Waals surface area contributed by atoms with Crippen LogP contribution in [0, 0.1) is 0 Å². The smallest absolute Gasteiger partial charge is 0.339 e. The predicted molar refractivity (Wildman–Crippen MR) is 114 cm³/mol. The van der Waals surface area contributed by atoms with Crippen LogP contribution in [0.5, 0.6) is 0 Å². The number of carboxylic acid groups (broad SMARTS) is 1. The summed E-state index contributed by atoms with van der Waals surface area (Å²) in [4.78, 5) is 23.1. The standard InChI is InChI=1S/C24H36O4/c1-2-3-4-5-6-7-8-9-10-11-12-13-14-17-20-28-24(27)22-19-16-15-18-21(22)23(25)26/h2,15-16,18-19H,1,3-14,17,20H2,(H,25,26). The highest BCUT2D eigenvalue weighted by atomic mass is 16.5. The van der Waals surface area contributed by atoms with E-state index in [1.54, 1.807) is 12.1 Å². The molecular formula is C24H36O4. The summed E-state index contributed by atoms with van der Waals surface area (Å²) in [7, 11) is 0. The second-order valence-corrected chi connectivity index (χ2v) is 7.31. The number of unbranched alkanes of at least 4 members (excludes halogenated alkanes) is 12. The van der Waals surface area contributed by atoms with Crippen LogP contribution in [0.4, 0.5) is 0 Å². The summed E-state index contributed by atoms with van der Waals surface area (Å²) < 4.78 is 5.22. The molecule has 0 atom stereocenters. The number of carboxylic acids is 1. The van der Waals surface area contributed by atoms with Crippen molar-refractivity contribution >= 4 is 11.9 Å². The topological polar surface area (TPSA) is 63.6 Å². The van der Waals surface area contributed by atoms with Crippen LogP contribution in [0.1, 0.15) is 104 Å². The Morgan fingerprint density at radius 2 is 1.25 bits per heavy atom. The van der Waals surface area contributed by atoms with Gasteiger partial charge in [-0.05, 0) is 31.4 Å². The third kappa shape index (κ3) is 10.9. The molecule has 0 heterocycles. The Bertz CT molecular complexity index is 580. The third-order valence-corrected chi connectivity index (χ3v) is 4.91. The van der Waals surface area contributed by atoms with Gasteiger partial charge in [0.1, 0.15) is 0 Å². The number of ether oxygens (including phenoxy) is 1. The summed E-state index contributed by atoms with van der Waals surface area (Å²) >= 11 is 0. The van der Waals surface area contributed by atoms with Crippen molar-refractivity contribution in [1.82, 2.24) is 0 Å². The summed E-state index contributed by atoms with van der Waals surface area (Å²) in [6.07, 6.45) is 18.0. The Kier molecular flexibility index (Phi) is 13.6. The normalized spacial score (nSPS) is 10.6. The number of esters is 1. The fourth-order valence-corrected chi connectivity index (χ4v) is 3.25. The fraction of sp³-hybridized carbons (Fsp3) is 0.583. The van der Waals surface area contributed by atoms with E-state index in [0.717, 1.165) is 25.7 Å². The molecule has 0 unspecified atom stereocenters. The molecule has 28 heavy (non-hydrogen) atoms. The van der Waals surface area contributed by atoms with E-state index in [9.17, 15) is 9.59 Å². The lowest BCUT2D eigenvalue weighted by atomic mass is 10.0. The lowest BCUT2D eigenvalue weighted by Gasteiger charge is -2.07. The molecule has 0 radical (unpaired) electrons. The number of allylic oxidation sites excluding steroid dienone is 1. The maximum absolute atomic E-state index is 12.0. The first-order valence-corrected chi connectivity index (χ1v) is 10.8. The molecule has 1 aromatic carbocycles. The zero-order chi connectivity index (χ0) is 20.5. The van der Waals surface area contributed by atoms with Gasteiger partial charge >= 0.3 is 11.9 Å². The molecule has 4 heteroatoms. The maximum atomic E-state index is 12.0. The SMILES string of the molecule is C=CCCCCCCCCCCCCCCOC(=O)c1ccccc1C(=O)O. The molecule has 0 aliphatic rings. The minimum atomic E-state index is -1.11. The van der Waals surface area contributed by atoms with Gasteiger partial charge in [0.25, 0.3) is 0 Å². The average Bonchev–Trinajstić information content (AvgIpc) is 2.70. The van der Waals surface area contributed by atoms with Crippen molar-refractivity contribution < 1.29 is 19.4 Å². The van der Waals surface area contributed by atoms with Gasteiger partial charge in [0.15, 0.2) is 0 Å². The van der Waals surface area contributed by atoms with Crippen LogP contribution >= 0.6 is 0 Å². The van der Waals surface area contributed by atoms with Crippen molar-refractivity contribution in [3.05, 3.63) is 48.0 Å². The number of hydrogen-bond donors (Lipinski definition) is 1. The number of benzene rings is 1. The van der Waals surface area contributed by atoms with E-state index < -0.39 is 11.9 Å². The van der Waals surface area contributed by atoms with Gasteiger partial charge in [0, 0.05) is 0 Å². The van der Waals surface area contributed by atoms with E-state index in [2.05, 4.69) is 6.58 Å². The zero-order valence-corrected chi connectivity index (χ0v) is 17.2. The summed E-state index contributed by atoms with van der Waals surface area (Å²) in [5, 5.41) is 9.11. The number of hydrogen-bond acceptors (Lipinski definition) is 3. The molecule has 0 saturated carbocycles. The van der Waals surface area contributed by atoms with Crippen molar-refractivity contribution in [3.8, 4) is 0 Å². The lowest BCUT2D eigenvalue weighted by molar-refractivity contribution is 0.0487. The molecule has 0 aliphatic carbocycles. The van der Waals surface area contributed by atoms with Crippen LogP contribution in [0.25, 0.3) is 0 Å². The number of rotatable bonds is 17. The van der Waals surface area contributed by atoms with Gasteiger partial charge in [-0.25, -0.2) is 9.59 Å². The Morgan fingerprint density at radius 3 is 1.75 bits per heavy atom. The minimum Gasteiger partial charge on any atom is -0.478 e. The Balaban J connectivity index is 1.95. The van der Waals surface area contributed by atoms with Crippen LogP contribution < -0.4 is 0 Å². The molecule has 0 aromatic heterocycles. The second kappa shape index (κ2) is 15.9. The summed E-state index contributed by atoms with van der Waals surface area (Å²) in [5.74, 6) is -1.66. The zero-order valence-electron chi connectivity index (χ0n) is 17.2. The van der Waals surface area contributed by atoms with E-state index in [1.807, 2.05) is 6.08 Å². The highest BCUT2D eigenvalue weighted by Crippen LogP contribution is 2.13. The Labute approximate surface area is 170 Å². The highest BCUT2D eigenvalue weighted by molar-refractivity contribution is 6.02. The van der Waals surface area contributed by atoms with Crippen molar-refractivity contribution in [1.29, 1.82) is 0 Å². The van der Waals surface area contributed by atoms with Gasteiger partial charge < -0.3 is 9.84 Å². The molecule has 1 N–H and O–H groups in total. The highest BCUT2D eigenvalue weighted by Gasteiger charge is 2.16. The molecule has 4 nitrogen and oxygen atoms in total. The molecule has 0 amide bonds. The van der Waals surface area contributed by atoms with E-state index >= 15 is 0 Å². The molecule has 0 aliphatic heterocycles. The van der Waals surface area contributed by atoms with Crippen molar-refractivity contribution in [2.24, 2.45) is 0 Å². The summed E-state index contributed by atoms with van der Waals surface area (Å²) in [5.41, 5.74) is 0.111. The second-order valence-electron chi connectivity index (χ2n) is 7.31. The average molecular weight is 389 g/mol. The number of carbonyl (C=O) groups excluding carboxylic acids is 1. The van der Waals surface area contributed by atoms with Crippen molar-refractivity contribution in [3.63, 3.8) is 0 Å². The van der Waals surface area contributed by atoms with Crippen LogP contribution in [-0.4, -0.2) is 23.7 Å². The van der Waals surface area contributed by atoms with Gasteiger partial charge in [-0.1, -0.05) is 82.4 Å². The van der Waals surface area contributed by atoms with Crippen molar-refractivity contribution in [2.45, 2.75) is 83.5 Å². The van der Waals surface area contributed by atoms with Gasteiger partial charge in [-0.15, -0.1) is 6.58 Å². The molecule has 1 rings (SSSR count). The third-order valence-electron chi connectivity index (χ3n) is 4.91. The van der Waals surface area contributed by atoms with Crippen LogP contribution in [0.2, 0.25) is 0 Å². The van der Waals surface area contributed by atoms with E-state index in [0.29, 0.717) is 6.61 Å². The summed E-state index contributed by atoms with van der Waals surface area (Å²) in [6, 6.07) is 6.16. The van der Waals surface area contributed by atoms with Gasteiger partial charge in [-0.3, -0.25) is 0 Å². The molecule has 1 aromatic rings. The number of aromatic carboxylic acids is 1. The van der Waals surface area contributed by atoms with Crippen LogP contribution in [-0.2, 0) is 4.74 Å². The molecule has 0 spiro atoms. The van der Waals surface area contributed by atoms with E-state index in [1.165, 1.54) is 69.9 Å². The Morgan fingerprint density at radius 1 is 0.786 bits per heavy atom. The molecule has 0 saturated heterocycles. The predicted octanol–water partition coefficient (Wildman–Crippen LogP) is 6.80. The van der Waals surface area contributed by atoms with Crippen LogP contribution in [0.15, 0.2) is 36.9 Å². The van der Waals surface area contributed by atoms with Crippen LogP contribution in [0.3, 0.4) is 0 Å². The van der Waals surface area contributed by atoms with E-state index in [-0.39, 0.29) is 11.1 Å². The largest absolute Gasteiger partial charge is 0.478 e. The number of carbonyl (C=O) groups is 2. The van der Waals surface area contributed by atoms with Gasteiger partial charge in [0.05, 0.1) is 17.7 Å². The Hall–Kier alpha value is -2.10. The lowest BCUT2D eigenvalue weighted by Crippen LogP contribution is -2.12. The minimum absolute atomic E-state index is 0.00994.